The second-order valence-electron chi connectivity index (χ2n) is 5.68. The van der Waals surface area contributed by atoms with Gasteiger partial charge in [-0.2, -0.15) is 0 Å². The first-order valence-electron chi connectivity index (χ1n) is 8.49. The number of ether oxygens (including phenoxy) is 2. The third kappa shape index (κ3) is 5.84. The molecule has 1 aromatic carbocycles. The fourth-order valence-corrected chi connectivity index (χ4v) is 3.45. The molecular formula is C19H23NO5S. The SMILES string of the molecule is CCCOc1c[nH]c(CS(=O)Cc2ccc(C(=O)OCC)cc2)cc1=O. The highest BCUT2D eigenvalue weighted by atomic mass is 32.2. The fraction of sp³-hybridized carbons (Fsp3) is 0.368. The van der Waals surface area contributed by atoms with Crippen LogP contribution in [0.2, 0.25) is 0 Å². The molecule has 1 N–H and O–H groups in total. The van der Waals surface area contributed by atoms with Gasteiger partial charge in [0.05, 0.1) is 24.5 Å². The normalized spacial score (nSPS) is 11.8. The summed E-state index contributed by atoms with van der Waals surface area (Å²) < 4.78 is 22.6. The molecule has 0 aliphatic rings. The summed E-state index contributed by atoms with van der Waals surface area (Å²) in [5, 5.41) is 0. The number of hydrogen-bond acceptors (Lipinski definition) is 5. The van der Waals surface area contributed by atoms with Crippen LogP contribution in [-0.2, 0) is 27.0 Å². The topological polar surface area (TPSA) is 85.5 Å². The van der Waals surface area contributed by atoms with E-state index in [9.17, 15) is 13.8 Å². The standard InChI is InChI=1S/C19H23NO5S/c1-3-9-25-18-11-20-16(10-17(18)21)13-26(23)12-14-5-7-15(8-6-14)19(22)24-4-2/h5-8,10-11H,3-4,9,12-13H2,1-2H3,(H,20,21). The van der Waals surface area contributed by atoms with Gasteiger partial charge in [-0.1, -0.05) is 19.1 Å². The molecule has 7 heteroatoms. The number of esters is 1. The maximum Gasteiger partial charge on any atom is 0.338 e. The summed E-state index contributed by atoms with van der Waals surface area (Å²) in [4.78, 5) is 26.5. The number of nitrogens with one attached hydrogen (secondary N) is 1. The Hall–Kier alpha value is -2.41. The third-order valence-electron chi connectivity index (χ3n) is 3.51. The maximum absolute atomic E-state index is 12.3. The van der Waals surface area contributed by atoms with Crippen LogP contribution in [0.5, 0.6) is 5.75 Å². The summed E-state index contributed by atoms with van der Waals surface area (Å²) in [6.45, 7) is 4.52. The molecule has 2 aromatic rings. The number of carbonyl (C=O) groups excluding carboxylic acids is 1. The maximum atomic E-state index is 12.3. The van der Waals surface area contributed by atoms with Gasteiger partial charge < -0.3 is 14.5 Å². The highest BCUT2D eigenvalue weighted by molar-refractivity contribution is 7.83. The average Bonchev–Trinajstić information content (AvgIpc) is 2.62. The Balaban J connectivity index is 1.95. The number of hydrogen-bond donors (Lipinski definition) is 1. The van der Waals surface area contributed by atoms with E-state index in [1.54, 1.807) is 31.2 Å². The Bertz CT molecular complexity index is 813. The minimum atomic E-state index is -1.19. The third-order valence-corrected chi connectivity index (χ3v) is 4.80. The minimum absolute atomic E-state index is 0.219. The first-order chi connectivity index (χ1) is 12.5. The van der Waals surface area contributed by atoms with Crippen molar-refractivity contribution in [1.29, 1.82) is 0 Å². The van der Waals surface area contributed by atoms with E-state index in [1.807, 2.05) is 6.92 Å². The summed E-state index contributed by atoms with van der Waals surface area (Å²) in [5.41, 5.74) is 1.69. The van der Waals surface area contributed by atoms with Gasteiger partial charge in [0.25, 0.3) is 0 Å². The first-order valence-corrected chi connectivity index (χ1v) is 9.97. The minimum Gasteiger partial charge on any atom is -0.488 e. The Labute approximate surface area is 155 Å². The fourth-order valence-electron chi connectivity index (χ4n) is 2.27. The van der Waals surface area contributed by atoms with E-state index in [1.165, 1.54) is 12.3 Å². The zero-order chi connectivity index (χ0) is 18.9. The van der Waals surface area contributed by atoms with E-state index in [0.717, 1.165) is 12.0 Å². The second-order valence-corrected chi connectivity index (χ2v) is 7.14. The Morgan fingerprint density at radius 1 is 1.15 bits per heavy atom. The molecule has 1 heterocycles. The van der Waals surface area contributed by atoms with Crippen LogP contribution < -0.4 is 10.2 Å². The molecule has 0 amide bonds. The van der Waals surface area contributed by atoms with Crippen LogP contribution in [0.1, 0.15) is 41.9 Å². The summed E-state index contributed by atoms with van der Waals surface area (Å²) >= 11 is 0. The molecule has 0 saturated carbocycles. The van der Waals surface area contributed by atoms with Crippen LogP contribution in [-0.4, -0.2) is 28.4 Å². The molecule has 0 aliphatic heterocycles. The van der Waals surface area contributed by atoms with Gasteiger partial charge in [-0.25, -0.2) is 4.79 Å². The van der Waals surface area contributed by atoms with Gasteiger partial charge in [-0.05, 0) is 31.0 Å². The number of aromatic nitrogens is 1. The van der Waals surface area contributed by atoms with Gasteiger partial charge in [0.15, 0.2) is 5.75 Å². The number of carbonyl (C=O) groups is 1. The van der Waals surface area contributed by atoms with E-state index >= 15 is 0 Å². The smallest absolute Gasteiger partial charge is 0.338 e. The lowest BCUT2D eigenvalue weighted by Gasteiger charge is -2.07. The molecule has 0 aliphatic carbocycles. The van der Waals surface area contributed by atoms with Crippen molar-refractivity contribution in [3.8, 4) is 5.75 Å². The molecule has 2 rings (SSSR count). The van der Waals surface area contributed by atoms with Gasteiger partial charge >= 0.3 is 5.97 Å². The molecule has 26 heavy (non-hydrogen) atoms. The molecule has 1 atom stereocenters. The molecule has 1 unspecified atom stereocenters. The lowest BCUT2D eigenvalue weighted by atomic mass is 10.1. The lowest BCUT2D eigenvalue weighted by molar-refractivity contribution is 0.0526. The van der Waals surface area contributed by atoms with Crippen LogP contribution in [0, 0.1) is 0 Å². The predicted octanol–water partition coefficient (Wildman–Crippen LogP) is 2.79. The zero-order valence-electron chi connectivity index (χ0n) is 14.9. The number of H-pyrrole nitrogens is 1. The van der Waals surface area contributed by atoms with Crippen LogP contribution >= 0.6 is 0 Å². The Kier molecular flexibility index (Phi) is 7.59. The highest BCUT2D eigenvalue weighted by Gasteiger charge is 2.09. The van der Waals surface area contributed by atoms with E-state index in [-0.39, 0.29) is 22.9 Å². The molecule has 0 bridgehead atoms. The van der Waals surface area contributed by atoms with Crippen molar-refractivity contribution in [3.05, 3.63) is 63.6 Å². The van der Waals surface area contributed by atoms with Crippen molar-refractivity contribution in [3.63, 3.8) is 0 Å². The summed E-state index contributed by atoms with van der Waals surface area (Å²) in [6.07, 6.45) is 2.33. The highest BCUT2D eigenvalue weighted by Crippen LogP contribution is 2.11. The van der Waals surface area contributed by atoms with Crippen molar-refractivity contribution >= 4 is 16.8 Å². The van der Waals surface area contributed by atoms with Crippen LogP contribution in [0.25, 0.3) is 0 Å². The van der Waals surface area contributed by atoms with Crippen LogP contribution in [0.4, 0.5) is 0 Å². The van der Waals surface area contributed by atoms with Crippen molar-refractivity contribution in [2.24, 2.45) is 0 Å². The molecule has 6 nitrogen and oxygen atoms in total. The zero-order valence-corrected chi connectivity index (χ0v) is 15.8. The van der Waals surface area contributed by atoms with Gasteiger partial charge in [-0.3, -0.25) is 9.00 Å². The monoisotopic (exact) mass is 377 g/mol. The molecule has 1 aromatic heterocycles. The van der Waals surface area contributed by atoms with Gasteiger partial charge in [-0.15, -0.1) is 0 Å². The molecule has 0 fully saturated rings. The van der Waals surface area contributed by atoms with Gasteiger partial charge in [0.2, 0.25) is 5.43 Å². The van der Waals surface area contributed by atoms with E-state index in [2.05, 4.69) is 4.98 Å². The first kappa shape index (κ1) is 19.9. The average molecular weight is 377 g/mol. The van der Waals surface area contributed by atoms with E-state index in [4.69, 9.17) is 9.47 Å². The van der Waals surface area contributed by atoms with Crippen LogP contribution in [0.15, 0.2) is 41.3 Å². The number of pyridine rings is 1. The molecule has 140 valence electrons. The predicted molar refractivity (Wildman–Crippen MR) is 101 cm³/mol. The van der Waals surface area contributed by atoms with Crippen molar-refractivity contribution < 1.29 is 18.5 Å². The quantitative estimate of drug-likeness (QED) is 0.679. The molecule has 0 spiro atoms. The van der Waals surface area contributed by atoms with E-state index in [0.29, 0.717) is 30.2 Å². The number of rotatable bonds is 9. The molecule has 0 radical (unpaired) electrons. The van der Waals surface area contributed by atoms with Crippen molar-refractivity contribution in [2.45, 2.75) is 31.8 Å². The lowest BCUT2D eigenvalue weighted by Crippen LogP contribution is -2.11. The van der Waals surface area contributed by atoms with E-state index < -0.39 is 10.8 Å². The number of benzene rings is 1. The Morgan fingerprint density at radius 3 is 2.50 bits per heavy atom. The summed E-state index contributed by atoms with van der Waals surface area (Å²) in [7, 11) is -1.19. The molecular weight excluding hydrogens is 354 g/mol. The van der Waals surface area contributed by atoms with Crippen molar-refractivity contribution in [2.75, 3.05) is 13.2 Å². The summed E-state index contributed by atoms with van der Waals surface area (Å²) in [5.74, 6) is 0.473. The second kappa shape index (κ2) is 9.91. The van der Waals surface area contributed by atoms with Crippen molar-refractivity contribution in [1.82, 2.24) is 4.98 Å². The molecule has 0 saturated heterocycles. The van der Waals surface area contributed by atoms with Gasteiger partial charge in [0.1, 0.15) is 0 Å². The number of aromatic amines is 1. The summed E-state index contributed by atoms with van der Waals surface area (Å²) in [6, 6.07) is 8.26. The van der Waals surface area contributed by atoms with Crippen LogP contribution in [0.3, 0.4) is 0 Å². The Morgan fingerprint density at radius 2 is 1.88 bits per heavy atom. The van der Waals surface area contributed by atoms with Gasteiger partial charge in [0, 0.05) is 34.5 Å². The largest absolute Gasteiger partial charge is 0.488 e.